The topological polar surface area (TPSA) is 58.3 Å². The number of aliphatic hydroxyl groups excluding tert-OH is 1. The lowest BCUT2D eigenvalue weighted by atomic mass is 9.93. The minimum absolute atomic E-state index is 0.369. The van der Waals surface area contributed by atoms with E-state index in [1.165, 1.54) is 5.57 Å². The third-order valence-corrected chi connectivity index (χ3v) is 3.21. The number of nitrogens with zero attached hydrogens (tertiary/aromatic N) is 2. The number of imidazole rings is 1. The van der Waals surface area contributed by atoms with Gasteiger partial charge in [0.25, 0.3) is 0 Å². The Labute approximate surface area is 109 Å². The molecule has 0 aliphatic rings. The molecule has 2 N–H and O–H groups in total. The maximum absolute atomic E-state index is 10.3. The summed E-state index contributed by atoms with van der Waals surface area (Å²) in [6.45, 7) is 7.99. The second-order valence-corrected chi connectivity index (χ2v) is 5.32. The number of aryl methyl sites for hydroxylation is 1. The zero-order valence-corrected chi connectivity index (χ0v) is 11.7. The fraction of sp³-hybridized carbons (Fsp3) is 0.643. The van der Waals surface area contributed by atoms with Gasteiger partial charge in [-0.15, -0.1) is 0 Å². The molecule has 18 heavy (non-hydrogen) atoms. The van der Waals surface area contributed by atoms with Crippen LogP contribution < -0.4 is 0 Å². The molecule has 1 heterocycles. The molecular weight excluding hydrogens is 228 g/mol. The van der Waals surface area contributed by atoms with Crippen molar-refractivity contribution in [2.75, 3.05) is 0 Å². The highest BCUT2D eigenvalue weighted by molar-refractivity contribution is 4.96. The Bertz CT molecular complexity index is 404. The summed E-state index contributed by atoms with van der Waals surface area (Å²) >= 11 is 0. The molecule has 0 aliphatic heterocycles. The number of aliphatic hydroxyl groups is 2. The van der Waals surface area contributed by atoms with Crippen LogP contribution in [-0.4, -0.2) is 31.5 Å². The van der Waals surface area contributed by atoms with Crippen LogP contribution in [0.25, 0.3) is 0 Å². The Hall–Kier alpha value is -1.13. The normalized spacial score (nSPS) is 16.1. The molecule has 1 aromatic rings. The third kappa shape index (κ3) is 4.27. The summed E-state index contributed by atoms with van der Waals surface area (Å²) in [7, 11) is 0. The van der Waals surface area contributed by atoms with Crippen LogP contribution in [0, 0.1) is 6.92 Å². The maximum atomic E-state index is 10.3. The van der Waals surface area contributed by atoms with E-state index >= 15 is 0 Å². The summed E-state index contributed by atoms with van der Waals surface area (Å²) in [5.41, 5.74) is 0.147. The van der Waals surface area contributed by atoms with Gasteiger partial charge in [-0.05, 0) is 40.5 Å². The second-order valence-electron chi connectivity index (χ2n) is 5.32. The van der Waals surface area contributed by atoms with E-state index in [2.05, 4.69) is 11.1 Å². The van der Waals surface area contributed by atoms with Gasteiger partial charge in [-0.1, -0.05) is 11.6 Å². The number of rotatable bonds is 6. The van der Waals surface area contributed by atoms with Crippen molar-refractivity contribution >= 4 is 0 Å². The first-order chi connectivity index (χ1) is 8.33. The second kappa shape index (κ2) is 6.16. The van der Waals surface area contributed by atoms with E-state index in [1.54, 1.807) is 13.1 Å². The third-order valence-electron chi connectivity index (χ3n) is 3.21. The SMILES string of the molecule is CC(C)=CCCC(C)(O)C(O)Cn1ccnc1C. The lowest BCUT2D eigenvalue weighted by Gasteiger charge is -2.29. The Morgan fingerprint density at radius 1 is 1.56 bits per heavy atom. The van der Waals surface area contributed by atoms with Crippen LogP contribution in [0.3, 0.4) is 0 Å². The average Bonchev–Trinajstić information content (AvgIpc) is 2.63. The molecule has 0 aromatic carbocycles. The summed E-state index contributed by atoms with van der Waals surface area (Å²) in [6.07, 6.45) is 6.10. The van der Waals surface area contributed by atoms with Gasteiger partial charge in [-0.2, -0.15) is 0 Å². The Morgan fingerprint density at radius 2 is 2.22 bits per heavy atom. The molecule has 102 valence electrons. The van der Waals surface area contributed by atoms with Gasteiger partial charge in [-0.3, -0.25) is 0 Å². The minimum atomic E-state index is -1.08. The van der Waals surface area contributed by atoms with Crippen molar-refractivity contribution < 1.29 is 10.2 Å². The van der Waals surface area contributed by atoms with Crippen molar-refractivity contribution in [2.45, 2.75) is 58.8 Å². The van der Waals surface area contributed by atoms with Gasteiger partial charge in [0.1, 0.15) is 11.9 Å². The highest BCUT2D eigenvalue weighted by Gasteiger charge is 2.29. The van der Waals surface area contributed by atoms with Gasteiger partial charge in [0.2, 0.25) is 0 Å². The van der Waals surface area contributed by atoms with Crippen molar-refractivity contribution in [3.8, 4) is 0 Å². The summed E-state index contributed by atoms with van der Waals surface area (Å²) in [6, 6.07) is 0. The molecule has 0 aliphatic carbocycles. The van der Waals surface area contributed by atoms with Crippen molar-refractivity contribution in [1.29, 1.82) is 0 Å². The van der Waals surface area contributed by atoms with Crippen LogP contribution in [0.2, 0.25) is 0 Å². The molecule has 0 radical (unpaired) electrons. The predicted molar refractivity (Wildman–Crippen MR) is 72.3 cm³/mol. The molecule has 0 amide bonds. The van der Waals surface area contributed by atoms with E-state index < -0.39 is 11.7 Å². The highest BCUT2D eigenvalue weighted by atomic mass is 16.3. The van der Waals surface area contributed by atoms with Crippen LogP contribution in [0.15, 0.2) is 24.0 Å². The zero-order valence-electron chi connectivity index (χ0n) is 11.7. The first-order valence-electron chi connectivity index (χ1n) is 6.34. The van der Waals surface area contributed by atoms with E-state index in [0.29, 0.717) is 13.0 Å². The van der Waals surface area contributed by atoms with Gasteiger partial charge in [0.05, 0.1) is 12.1 Å². The first-order valence-corrected chi connectivity index (χ1v) is 6.34. The van der Waals surface area contributed by atoms with Crippen LogP contribution >= 0.6 is 0 Å². The quantitative estimate of drug-likeness (QED) is 0.762. The Morgan fingerprint density at radius 3 is 2.72 bits per heavy atom. The lowest BCUT2D eigenvalue weighted by molar-refractivity contribution is -0.0732. The van der Waals surface area contributed by atoms with E-state index in [1.807, 2.05) is 31.5 Å². The summed E-state index contributed by atoms with van der Waals surface area (Å²) in [5.74, 6) is 0.842. The highest BCUT2D eigenvalue weighted by Crippen LogP contribution is 2.19. The van der Waals surface area contributed by atoms with E-state index in [9.17, 15) is 10.2 Å². The monoisotopic (exact) mass is 252 g/mol. The largest absolute Gasteiger partial charge is 0.388 e. The van der Waals surface area contributed by atoms with Crippen LogP contribution in [0.1, 0.15) is 39.4 Å². The van der Waals surface area contributed by atoms with Gasteiger partial charge >= 0.3 is 0 Å². The van der Waals surface area contributed by atoms with Gasteiger partial charge in [0.15, 0.2) is 0 Å². The predicted octanol–water partition coefficient (Wildman–Crippen LogP) is 2.05. The van der Waals surface area contributed by atoms with E-state index in [-0.39, 0.29) is 0 Å². The Balaban J connectivity index is 2.56. The van der Waals surface area contributed by atoms with Crippen LogP contribution in [-0.2, 0) is 6.54 Å². The molecule has 0 saturated carbocycles. The summed E-state index contributed by atoms with van der Waals surface area (Å²) in [4.78, 5) is 4.10. The minimum Gasteiger partial charge on any atom is -0.388 e. The first kappa shape index (κ1) is 14.9. The summed E-state index contributed by atoms with van der Waals surface area (Å²) in [5, 5.41) is 20.4. The molecule has 4 nitrogen and oxygen atoms in total. The number of allylic oxidation sites excluding steroid dienone is 2. The van der Waals surface area contributed by atoms with Gasteiger partial charge in [0, 0.05) is 12.4 Å². The van der Waals surface area contributed by atoms with Crippen molar-refractivity contribution in [1.82, 2.24) is 9.55 Å². The molecule has 4 heteroatoms. The van der Waals surface area contributed by atoms with Crippen LogP contribution in [0.5, 0.6) is 0 Å². The zero-order chi connectivity index (χ0) is 13.8. The Kier molecular flexibility index (Phi) is 5.11. The fourth-order valence-corrected chi connectivity index (χ4v) is 1.80. The average molecular weight is 252 g/mol. The van der Waals surface area contributed by atoms with Gasteiger partial charge < -0.3 is 14.8 Å². The van der Waals surface area contributed by atoms with E-state index in [4.69, 9.17) is 0 Å². The number of hydrogen-bond acceptors (Lipinski definition) is 3. The summed E-state index contributed by atoms with van der Waals surface area (Å²) < 4.78 is 1.85. The van der Waals surface area contributed by atoms with E-state index in [0.717, 1.165) is 12.2 Å². The molecule has 0 spiro atoms. The van der Waals surface area contributed by atoms with Crippen molar-refractivity contribution in [3.63, 3.8) is 0 Å². The molecule has 2 atom stereocenters. The van der Waals surface area contributed by atoms with Gasteiger partial charge in [-0.25, -0.2) is 4.98 Å². The van der Waals surface area contributed by atoms with Crippen molar-refractivity contribution in [3.05, 3.63) is 29.9 Å². The lowest BCUT2D eigenvalue weighted by Crippen LogP contribution is -2.42. The standard InChI is InChI=1S/C14H24N2O2/c1-11(2)6-5-7-14(4,18)13(17)10-16-9-8-15-12(16)3/h6,8-9,13,17-18H,5,7,10H2,1-4H3. The number of aromatic nitrogens is 2. The molecule has 1 aromatic heterocycles. The maximum Gasteiger partial charge on any atom is 0.105 e. The molecule has 0 saturated heterocycles. The molecule has 0 bridgehead atoms. The molecule has 2 unspecified atom stereocenters. The van der Waals surface area contributed by atoms with Crippen LogP contribution in [0.4, 0.5) is 0 Å². The fourth-order valence-electron chi connectivity index (χ4n) is 1.80. The molecular formula is C14H24N2O2. The number of hydrogen-bond donors (Lipinski definition) is 2. The smallest absolute Gasteiger partial charge is 0.105 e. The van der Waals surface area contributed by atoms with Crippen molar-refractivity contribution in [2.24, 2.45) is 0 Å². The molecule has 0 fully saturated rings. The molecule has 1 rings (SSSR count).